The molecule has 4 rings (SSSR count). The van der Waals surface area contributed by atoms with Crippen LogP contribution in [-0.4, -0.2) is 33.2 Å². The van der Waals surface area contributed by atoms with Crippen LogP contribution in [-0.2, 0) is 4.79 Å². The summed E-state index contributed by atoms with van der Waals surface area (Å²) in [7, 11) is 3.65. The average molecular weight is 382 g/mol. The maximum absolute atomic E-state index is 12.4. The fourth-order valence-corrected chi connectivity index (χ4v) is 3.99. The highest BCUT2D eigenvalue weighted by molar-refractivity contribution is 7.17. The van der Waals surface area contributed by atoms with E-state index >= 15 is 0 Å². The van der Waals surface area contributed by atoms with E-state index in [1.165, 1.54) is 23.5 Å². The van der Waals surface area contributed by atoms with Gasteiger partial charge < -0.3 is 19.0 Å². The molecule has 0 N–H and O–H groups in total. The van der Waals surface area contributed by atoms with Crippen molar-refractivity contribution >= 4 is 39.1 Å². The van der Waals surface area contributed by atoms with Crippen molar-refractivity contribution in [2.75, 3.05) is 37.0 Å². The van der Waals surface area contributed by atoms with E-state index < -0.39 is 0 Å². The zero-order valence-electron chi connectivity index (χ0n) is 15.0. The number of amides is 1. The van der Waals surface area contributed by atoms with E-state index in [0.717, 1.165) is 11.1 Å². The molecule has 0 saturated carbocycles. The first-order valence-corrected chi connectivity index (χ1v) is 9.31. The number of fused-ring (bicyclic) bond motifs is 2. The first kappa shape index (κ1) is 17.4. The fourth-order valence-electron chi connectivity index (χ4n) is 3.07. The van der Waals surface area contributed by atoms with Gasteiger partial charge in [-0.25, -0.2) is 0 Å². The summed E-state index contributed by atoms with van der Waals surface area (Å²) in [5.41, 5.74) is 2.84. The predicted molar refractivity (Wildman–Crippen MR) is 108 cm³/mol. The number of carbonyl (C=O) groups excluding carboxylic acids is 1. The van der Waals surface area contributed by atoms with Gasteiger partial charge in [0.15, 0.2) is 11.5 Å². The van der Waals surface area contributed by atoms with Crippen molar-refractivity contribution < 1.29 is 13.9 Å². The van der Waals surface area contributed by atoms with E-state index in [1.807, 2.05) is 37.7 Å². The maximum atomic E-state index is 12.4. The molecule has 0 bridgehead atoms. The van der Waals surface area contributed by atoms with Crippen LogP contribution >= 0.6 is 11.3 Å². The van der Waals surface area contributed by atoms with E-state index in [9.17, 15) is 9.59 Å². The van der Waals surface area contributed by atoms with Crippen molar-refractivity contribution in [2.45, 2.75) is 0 Å². The van der Waals surface area contributed by atoms with Crippen LogP contribution in [0.1, 0.15) is 0 Å². The smallest absolute Gasteiger partial charge is 0.250 e. The van der Waals surface area contributed by atoms with Gasteiger partial charge in [-0.05, 0) is 23.8 Å². The Kier molecular flexibility index (Phi) is 4.24. The highest BCUT2D eigenvalue weighted by Crippen LogP contribution is 2.39. The lowest BCUT2D eigenvalue weighted by Crippen LogP contribution is -2.36. The number of carbonyl (C=O) groups is 1. The quantitative estimate of drug-likeness (QED) is 0.649. The van der Waals surface area contributed by atoms with E-state index in [0.29, 0.717) is 40.8 Å². The summed E-state index contributed by atoms with van der Waals surface area (Å²) in [6, 6.07) is 7.13. The molecule has 0 atom stereocenters. The van der Waals surface area contributed by atoms with Crippen molar-refractivity contribution in [3.05, 3.63) is 52.5 Å². The van der Waals surface area contributed by atoms with Gasteiger partial charge in [-0.15, -0.1) is 11.3 Å². The van der Waals surface area contributed by atoms with Gasteiger partial charge in [0.1, 0.15) is 17.1 Å². The molecule has 0 aliphatic carbocycles. The fraction of sp³-hybridized carbons (Fsp3) is 0.200. The highest BCUT2D eigenvalue weighted by atomic mass is 32.1. The van der Waals surface area contributed by atoms with E-state index in [1.54, 1.807) is 9.80 Å². The Balaban J connectivity index is 1.89. The largest absolute Gasteiger partial charge is 0.490 e. The topological polar surface area (TPSA) is 63.0 Å². The number of hydrogen-bond acceptors (Lipinski definition) is 6. The van der Waals surface area contributed by atoms with E-state index in [4.69, 9.17) is 9.15 Å². The second kappa shape index (κ2) is 6.59. The van der Waals surface area contributed by atoms with Crippen molar-refractivity contribution in [3.63, 3.8) is 0 Å². The lowest BCUT2D eigenvalue weighted by Gasteiger charge is -2.29. The molecule has 0 radical (unpaired) electrons. The molecule has 6 nitrogen and oxygen atoms in total. The minimum atomic E-state index is -0.173. The van der Waals surface area contributed by atoms with E-state index in [2.05, 4.69) is 6.58 Å². The Morgan fingerprint density at radius 2 is 2.15 bits per heavy atom. The van der Waals surface area contributed by atoms with Crippen molar-refractivity contribution in [2.24, 2.45) is 0 Å². The van der Waals surface area contributed by atoms with E-state index in [-0.39, 0.29) is 11.3 Å². The third kappa shape index (κ3) is 2.90. The molecule has 0 saturated heterocycles. The van der Waals surface area contributed by atoms with Gasteiger partial charge in [-0.2, -0.15) is 0 Å². The van der Waals surface area contributed by atoms with Crippen LogP contribution in [0.3, 0.4) is 0 Å². The monoisotopic (exact) mass is 382 g/mol. The number of hydrogen-bond donors (Lipinski definition) is 0. The number of anilines is 2. The van der Waals surface area contributed by atoms with Gasteiger partial charge in [0.2, 0.25) is 5.43 Å². The number of nitrogens with zero attached hydrogens (tertiary/aromatic N) is 2. The number of rotatable bonds is 3. The second-order valence-electron chi connectivity index (χ2n) is 6.38. The van der Waals surface area contributed by atoms with Gasteiger partial charge in [0.05, 0.1) is 12.2 Å². The average Bonchev–Trinajstić information content (AvgIpc) is 3.11. The van der Waals surface area contributed by atoms with Gasteiger partial charge >= 0.3 is 0 Å². The summed E-state index contributed by atoms with van der Waals surface area (Å²) >= 11 is 1.35. The first-order valence-electron chi connectivity index (χ1n) is 8.43. The molecule has 0 unspecified atom stereocenters. The predicted octanol–water partition coefficient (Wildman–Crippen LogP) is 3.50. The summed E-state index contributed by atoms with van der Waals surface area (Å²) in [5.74, 6) is 0.973. The third-order valence-electron chi connectivity index (χ3n) is 4.45. The lowest BCUT2D eigenvalue weighted by atomic mass is 10.1. The number of benzene rings is 1. The van der Waals surface area contributed by atoms with Gasteiger partial charge in [-0.1, -0.05) is 12.6 Å². The normalized spacial score (nSPS) is 13.2. The summed E-state index contributed by atoms with van der Waals surface area (Å²) in [4.78, 5) is 28.0. The molecular formula is C20H18N2O4S. The van der Waals surface area contributed by atoms with Crippen LogP contribution in [0.5, 0.6) is 5.75 Å². The van der Waals surface area contributed by atoms with Crippen molar-refractivity contribution in [3.8, 4) is 16.9 Å². The number of thiophene rings is 1. The molecule has 1 amide bonds. The van der Waals surface area contributed by atoms with Crippen LogP contribution in [0.15, 0.2) is 51.5 Å². The highest BCUT2D eigenvalue weighted by Gasteiger charge is 2.23. The molecule has 1 aliphatic rings. The van der Waals surface area contributed by atoms with Gasteiger partial charge in [-0.3, -0.25) is 9.59 Å². The maximum Gasteiger partial charge on any atom is 0.250 e. The van der Waals surface area contributed by atoms with Crippen molar-refractivity contribution in [1.82, 2.24) is 0 Å². The number of ether oxygens (including phenoxy) is 1. The SMILES string of the molecule is C=CC(=O)N1CCOc2ccc(-c3csc4c(=O)cc(N(C)C)oc34)cc21. The Morgan fingerprint density at radius 1 is 1.33 bits per heavy atom. The Morgan fingerprint density at radius 3 is 2.89 bits per heavy atom. The standard InChI is InChI=1S/C20H18N2O4S/c1-4-17(24)22-7-8-25-16-6-5-12(9-14(16)22)13-11-27-20-15(23)10-18(21(2)3)26-19(13)20/h4-6,9-11H,1,7-8H2,2-3H3. The summed E-state index contributed by atoms with van der Waals surface area (Å²) < 4.78 is 12.2. The molecule has 1 aromatic carbocycles. The Hall–Kier alpha value is -3.06. The van der Waals surface area contributed by atoms with Crippen LogP contribution in [0.2, 0.25) is 0 Å². The molecule has 2 aromatic heterocycles. The van der Waals surface area contributed by atoms with Crippen LogP contribution in [0.4, 0.5) is 11.6 Å². The molecule has 3 aromatic rings. The Bertz CT molecular complexity index is 1110. The minimum Gasteiger partial charge on any atom is -0.490 e. The molecule has 0 fully saturated rings. The molecule has 3 heterocycles. The zero-order chi connectivity index (χ0) is 19.1. The molecule has 0 spiro atoms. The van der Waals surface area contributed by atoms with Gasteiger partial charge in [0.25, 0.3) is 5.91 Å². The van der Waals surface area contributed by atoms with Crippen molar-refractivity contribution in [1.29, 1.82) is 0 Å². The zero-order valence-corrected chi connectivity index (χ0v) is 15.8. The van der Waals surface area contributed by atoms with Gasteiger partial charge in [0, 0.05) is 31.1 Å². The molecular weight excluding hydrogens is 364 g/mol. The second-order valence-corrected chi connectivity index (χ2v) is 7.26. The van der Waals surface area contributed by atoms with Crippen LogP contribution in [0, 0.1) is 0 Å². The molecule has 7 heteroatoms. The first-order chi connectivity index (χ1) is 13.0. The third-order valence-corrected chi connectivity index (χ3v) is 5.42. The van der Waals surface area contributed by atoms with Crippen LogP contribution in [0.25, 0.3) is 21.4 Å². The Labute approximate surface area is 159 Å². The molecule has 27 heavy (non-hydrogen) atoms. The lowest BCUT2D eigenvalue weighted by molar-refractivity contribution is -0.114. The molecule has 1 aliphatic heterocycles. The summed E-state index contributed by atoms with van der Waals surface area (Å²) in [6.07, 6.45) is 1.30. The minimum absolute atomic E-state index is 0.0686. The molecule has 138 valence electrons. The summed E-state index contributed by atoms with van der Waals surface area (Å²) in [6.45, 7) is 4.48. The van der Waals surface area contributed by atoms with Crippen LogP contribution < -0.4 is 20.0 Å². The summed E-state index contributed by atoms with van der Waals surface area (Å²) in [5, 5.41) is 1.90.